The molecular weight excluding hydrogens is 220 g/mol. The van der Waals surface area contributed by atoms with Gasteiger partial charge < -0.3 is 9.80 Å². The maximum Gasteiger partial charge on any atom is 0.235 e. The molecule has 0 aliphatic heterocycles. The Kier molecular flexibility index (Phi) is 8.76. The van der Waals surface area contributed by atoms with Gasteiger partial charge in [-0.15, -0.1) is 0 Å². The van der Waals surface area contributed by atoms with Gasteiger partial charge in [-0.3, -0.25) is 4.79 Å². The van der Waals surface area contributed by atoms with Crippen molar-refractivity contribution in [1.82, 2.24) is 9.80 Å². The van der Waals surface area contributed by atoms with Crippen molar-refractivity contribution in [3.63, 3.8) is 0 Å². The Balaban J connectivity index is 3.92. The third-order valence-corrected chi connectivity index (χ3v) is 3.07. The highest BCUT2D eigenvalue weighted by molar-refractivity contribution is 7.81. The van der Waals surface area contributed by atoms with Gasteiger partial charge in [0.2, 0.25) is 5.91 Å². The Morgan fingerprint density at radius 3 is 2.06 bits per heavy atom. The number of carbonyl (C=O) groups excluding carboxylic acids is 1. The van der Waals surface area contributed by atoms with Crippen LogP contribution in [0.2, 0.25) is 0 Å². The minimum Gasteiger partial charge on any atom is -0.342 e. The van der Waals surface area contributed by atoms with Crippen molar-refractivity contribution in [3.8, 4) is 0 Å². The van der Waals surface area contributed by atoms with Crippen LogP contribution in [0.25, 0.3) is 0 Å². The average molecular weight is 246 g/mol. The number of nitrogens with zero attached hydrogens (tertiary/aromatic N) is 2. The topological polar surface area (TPSA) is 23.6 Å². The molecule has 0 spiro atoms. The van der Waals surface area contributed by atoms with Crippen LogP contribution in [0.5, 0.6) is 0 Å². The molecule has 16 heavy (non-hydrogen) atoms. The zero-order valence-electron chi connectivity index (χ0n) is 11.1. The lowest BCUT2D eigenvalue weighted by Crippen LogP contribution is -2.37. The molecular formula is C12H26N2OS. The fraction of sp³-hybridized carbons (Fsp3) is 0.917. The smallest absolute Gasteiger partial charge is 0.235 e. The van der Waals surface area contributed by atoms with Crippen LogP contribution < -0.4 is 0 Å². The SMILES string of the molecule is CCN(CC)CCCN(CC)C(=O)C(C)S. The molecule has 0 rings (SSSR count). The molecule has 0 aromatic heterocycles. The van der Waals surface area contributed by atoms with Crippen molar-refractivity contribution in [3.05, 3.63) is 0 Å². The Morgan fingerprint density at radius 2 is 1.69 bits per heavy atom. The highest BCUT2D eigenvalue weighted by Gasteiger charge is 2.15. The van der Waals surface area contributed by atoms with Crippen LogP contribution in [0, 0.1) is 0 Å². The van der Waals surface area contributed by atoms with Crippen LogP contribution in [-0.2, 0) is 4.79 Å². The summed E-state index contributed by atoms with van der Waals surface area (Å²) in [5.41, 5.74) is 0. The van der Waals surface area contributed by atoms with Crippen molar-refractivity contribution in [2.75, 3.05) is 32.7 Å². The van der Waals surface area contributed by atoms with E-state index in [1.807, 2.05) is 18.7 Å². The first-order valence-corrected chi connectivity index (χ1v) is 6.77. The highest BCUT2D eigenvalue weighted by atomic mass is 32.1. The summed E-state index contributed by atoms with van der Waals surface area (Å²) in [5, 5.41) is -0.187. The fourth-order valence-electron chi connectivity index (χ4n) is 1.71. The van der Waals surface area contributed by atoms with Gasteiger partial charge in [-0.25, -0.2) is 0 Å². The lowest BCUT2D eigenvalue weighted by atomic mass is 10.3. The normalized spacial score (nSPS) is 12.9. The predicted molar refractivity (Wildman–Crippen MR) is 73.1 cm³/mol. The van der Waals surface area contributed by atoms with Crippen LogP contribution in [0.1, 0.15) is 34.1 Å². The third kappa shape index (κ3) is 5.75. The maximum absolute atomic E-state index is 11.7. The molecule has 0 saturated heterocycles. The van der Waals surface area contributed by atoms with Crippen LogP contribution >= 0.6 is 12.6 Å². The molecule has 0 aliphatic carbocycles. The van der Waals surface area contributed by atoms with E-state index in [9.17, 15) is 4.79 Å². The third-order valence-electron chi connectivity index (χ3n) is 2.85. The highest BCUT2D eigenvalue weighted by Crippen LogP contribution is 2.02. The number of amides is 1. The standard InChI is InChI=1S/C12H26N2OS/c1-5-13(6-2)9-8-10-14(7-3)12(15)11(4)16/h11,16H,5-10H2,1-4H3. The summed E-state index contributed by atoms with van der Waals surface area (Å²) in [6.07, 6.45) is 1.04. The van der Waals surface area contributed by atoms with E-state index in [1.165, 1.54) is 0 Å². The van der Waals surface area contributed by atoms with E-state index in [2.05, 4.69) is 31.4 Å². The summed E-state index contributed by atoms with van der Waals surface area (Å²) in [6.45, 7) is 13.0. The summed E-state index contributed by atoms with van der Waals surface area (Å²) in [7, 11) is 0. The van der Waals surface area contributed by atoms with E-state index >= 15 is 0 Å². The van der Waals surface area contributed by atoms with Crippen LogP contribution in [-0.4, -0.2) is 53.7 Å². The zero-order chi connectivity index (χ0) is 12.6. The molecule has 3 nitrogen and oxygen atoms in total. The quantitative estimate of drug-likeness (QED) is 0.661. The molecule has 0 aliphatic rings. The van der Waals surface area contributed by atoms with Crippen molar-refractivity contribution in [1.29, 1.82) is 0 Å². The van der Waals surface area contributed by atoms with E-state index in [4.69, 9.17) is 0 Å². The lowest BCUT2D eigenvalue weighted by Gasteiger charge is -2.24. The molecule has 0 N–H and O–H groups in total. The maximum atomic E-state index is 11.7. The minimum absolute atomic E-state index is 0.144. The molecule has 0 aromatic rings. The molecule has 0 bridgehead atoms. The largest absolute Gasteiger partial charge is 0.342 e. The van der Waals surface area contributed by atoms with Crippen LogP contribution in [0.3, 0.4) is 0 Å². The minimum atomic E-state index is -0.187. The van der Waals surface area contributed by atoms with E-state index in [1.54, 1.807) is 0 Å². The van der Waals surface area contributed by atoms with Gasteiger partial charge in [-0.2, -0.15) is 12.6 Å². The van der Waals surface area contributed by atoms with Crippen LogP contribution in [0.15, 0.2) is 0 Å². The molecule has 0 heterocycles. The molecule has 0 radical (unpaired) electrons. The monoisotopic (exact) mass is 246 g/mol. The lowest BCUT2D eigenvalue weighted by molar-refractivity contribution is -0.130. The second-order valence-corrected chi connectivity index (χ2v) is 4.75. The molecule has 96 valence electrons. The number of hydrogen-bond donors (Lipinski definition) is 1. The van der Waals surface area contributed by atoms with E-state index in [0.29, 0.717) is 0 Å². The Labute approximate surface area is 106 Å². The number of rotatable bonds is 8. The summed E-state index contributed by atoms with van der Waals surface area (Å²) in [5.74, 6) is 0.144. The second-order valence-electron chi connectivity index (χ2n) is 3.97. The first kappa shape index (κ1) is 15.8. The van der Waals surface area contributed by atoms with Gasteiger partial charge in [-0.05, 0) is 39.9 Å². The van der Waals surface area contributed by atoms with E-state index in [0.717, 1.165) is 39.1 Å². The van der Waals surface area contributed by atoms with Gasteiger partial charge in [0, 0.05) is 13.1 Å². The summed E-state index contributed by atoms with van der Waals surface area (Å²) in [6, 6.07) is 0. The molecule has 0 fully saturated rings. The molecule has 0 aromatic carbocycles. The molecule has 4 heteroatoms. The van der Waals surface area contributed by atoms with E-state index < -0.39 is 0 Å². The second kappa shape index (κ2) is 8.88. The fourth-order valence-corrected chi connectivity index (χ4v) is 1.88. The van der Waals surface area contributed by atoms with Gasteiger partial charge in [0.25, 0.3) is 0 Å². The molecule has 1 amide bonds. The van der Waals surface area contributed by atoms with Gasteiger partial charge in [0.05, 0.1) is 5.25 Å². The predicted octanol–water partition coefficient (Wildman–Crippen LogP) is 1.89. The average Bonchev–Trinajstić information content (AvgIpc) is 2.28. The van der Waals surface area contributed by atoms with Crippen LogP contribution in [0.4, 0.5) is 0 Å². The van der Waals surface area contributed by atoms with Crippen molar-refractivity contribution >= 4 is 18.5 Å². The van der Waals surface area contributed by atoms with Crippen molar-refractivity contribution in [2.45, 2.75) is 39.4 Å². The van der Waals surface area contributed by atoms with Gasteiger partial charge >= 0.3 is 0 Å². The van der Waals surface area contributed by atoms with Gasteiger partial charge in [0.15, 0.2) is 0 Å². The summed E-state index contributed by atoms with van der Waals surface area (Å²) < 4.78 is 0. The molecule has 0 saturated carbocycles. The number of thiol groups is 1. The van der Waals surface area contributed by atoms with Gasteiger partial charge in [0.1, 0.15) is 0 Å². The number of hydrogen-bond acceptors (Lipinski definition) is 3. The first-order chi connectivity index (χ1) is 7.56. The van der Waals surface area contributed by atoms with Crippen molar-refractivity contribution < 1.29 is 4.79 Å². The Hall–Kier alpha value is -0.220. The number of carbonyl (C=O) groups is 1. The van der Waals surface area contributed by atoms with Crippen molar-refractivity contribution in [2.24, 2.45) is 0 Å². The summed E-state index contributed by atoms with van der Waals surface area (Å²) in [4.78, 5) is 16.0. The molecule has 1 unspecified atom stereocenters. The Bertz CT molecular complexity index is 193. The molecule has 1 atom stereocenters. The zero-order valence-corrected chi connectivity index (χ0v) is 12.0. The summed E-state index contributed by atoms with van der Waals surface area (Å²) >= 11 is 4.18. The first-order valence-electron chi connectivity index (χ1n) is 6.25. The van der Waals surface area contributed by atoms with Gasteiger partial charge in [-0.1, -0.05) is 13.8 Å². The Morgan fingerprint density at radius 1 is 1.12 bits per heavy atom. The van der Waals surface area contributed by atoms with E-state index in [-0.39, 0.29) is 11.2 Å².